The van der Waals surface area contributed by atoms with Crippen molar-refractivity contribution >= 4 is 22.1 Å². The number of hydrogen-bond donors (Lipinski definition) is 1. The molecule has 0 atom stereocenters. The third-order valence-corrected chi connectivity index (χ3v) is 4.35. The van der Waals surface area contributed by atoms with Gasteiger partial charge >= 0.3 is 0 Å². The summed E-state index contributed by atoms with van der Waals surface area (Å²) in [7, 11) is 0. The molecule has 0 unspecified atom stereocenters. The van der Waals surface area contributed by atoms with Crippen molar-refractivity contribution in [2.24, 2.45) is 5.73 Å². The summed E-state index contributed by atoms with van der Waals surface area (Å²) in [6.45, 7) is 0.767. The average Bonchev–Trinajstić information content (AvgIpc) is 2.96. The Bertz CT molecular complexity index is 703. The third-order valence-electron chi connectivity index (χ3n) is 3.44. The maximum Gasteiger partial charge on any atom is 0.0932 e. The van der Waals surface area contributed by atoms with Crippen LogP contribution in [0.15, 0.2) is 47.8 Å². The SMILES string of the molecule is NCCCCc1nc(-c2ccc3ccccc3c2)cs1. The van der Waals surface area contributed by atoms with Gasteiger partial charge in [-0.1, -0.05) is 36.4 Å². The van der Waals surface area contributed by atoms with Gasteiger partial charge in [0.2, 0.25) is 0 Å². The summed E-state index contributed by atoms with van der Waals surface area (Å²) in [5.41, 5.74) is 7.81. The Morgan fingerprint density at radius 3 is 2.70 bits per heavy atom. The van der Waals surface area contributed by atoms with E-state index in [-0.39, 0.29) is 0 Å². The van der Waals surface area contributed by atoms with E-state index in [1.165, 1.54) is 21.3 Å². The second-order valence-electron chi connectivity index (χ2n) is 4.93. The van der Waals surface area contributed by atoms with Gasteiger partial charge in [0.1, 0.15) is 0 Å². The van der Waals surface area contributed by atoms with E-state index >= 15 is 0 Å². The van der Waals surface area contributed by atoms with Gasteiger partial charge in [0, 0.05) is 10.9 Å². The molecule has 0 fully saturated rings. The fourth-order valence-corrected chi connectivity index (χ4v) is 3.18. The Morgan fingerprint density at radius 2 is 1.85 bits per heavy atom. The smallest absolute Gasteiger partial charge is 0.0932 e. The van der Waals surface area contributed by atoms with Crippen LogP contribution in [-0.2, 0) is 6.42 Å². The van der Waals surface area contributed by atoms with Crippen molar-refractivity contribution in [2.45, 2.75) is 19.3 Å². The topological polar surface area (TPSA) is 38.9 Å². The normalized spacial score (nSPS) is 11.1. The van der Waals surface area contributed by atoms with Crippen LogP contribution < -0.4 is 5.73 Å². The van der Waals surface area contributed by atoms with E-state index in [1.807, 2.05) is 0 Å². The standard InChI is InChI=1S/C17H18N2S/c18-10-4-3-7-17-19-16(12-20-17)15-9-8-13-5-1-2-6-14(13)11-15/h1-2,5-6,8-9,11-12H,3-4,7,10,18H2. The van der Waals surface area contributed by atoms with Gasteiger partial charge in [0.25, 0.3) is 0 Å². The van der Waals surface area contributed by atoms with E-state index in [9.17, 15) is 0 Å². The first kappa shape index (κ1) is 13.3. The predicted molar refractivity (Wildman–Crippen MR) is 87.0 cm³/mol. The average molecular weight is 282 g/mol. The van der Waals surface area contributed by atoms with Crippen molar-refractivity contribution in [3.8, 4) is 11.3 Å². The minimum Gasteiger partial charge on any atom is -0.330 e. The molecule has 1 heterocycles. The Morgan fingerprint density at radius 1 is 1.00 bits per heavy atom. The summed E-state index contributed by atoms with van der Waals surface area (Å²) in [6, 6.07) is 15.0. The van der Waals surface area contributed by atoms with Crippen LogP contribution in [0.4, 0.5) is 0 Å². The molecule has 0 bridgehead atoms. The quantitative estimate of drug-likeness (QED) is 0.711. The van der Waals surface area contributed by atoms with Crippen LogP contribution in [0.25, 0.3) is 22.0 Å². The van der Waals surface area contributed by atoms with Crippen LogP contribution in [0.5, 0.6) is 0 Å². The summed E-state index contributed by atoms with van der Waals surface area (Å²) in [5, 5.41) is 5.90. The van der Waals surface area contributed by atoms with E-state index in [0.717, 1.165) is 31.5 Å². The number of hydrogen-bond acceptors (Lipinski definition) is 3. The summed E-state index contributed by atoms with van der Waals surface area (Å²) < 4.78 is 0. The molecule has 3 aromatic rings. The van der Waals surface area contributed by atoms with Crippen molar-refractivity contribution in [3.63, 3.8) is 0 Å². The second kappa shape index (κ2) is 6.16. The molecule has 3 heteroatoms. The summed E-state index contributed by atoms with van der Waals surface area (Å²) >= 11 is 1.75. The largest absolute Gasteiger partial charge is 0.330 e. The molecule has 0 aliphatic heterocycles. The zero-order valence-electron chi connectivity index (χ0n) is 11.4. The van der Waals surface area contributed by atoms with Crippen LogP contribution in [0.1, 0.15) is 17.8 Å². The number of nitrogens with zero attached hydrogens (tertiary/aromatic N) is 1. The Labute approximate surface area is 123 Å². The Balaban J connectivity index is 1.83. The molecular weight excluding hydrogens is 264 g/mol. The van der Waals surface area contributed by atoms with Crippen molar-refractivity contribution in [2.75, 3.05) is 6.54 Å². The number of fused-ring (bicyclic) bond motifs is 1. The van der Waals surface area contributed by atoms with Gasteiger partial charge in [0.05, 0.1) is 10.7 Å². The van der Waals surface area contributed by atoms with E-state index in [0.29, 0.717) is 0 Å². The maximum atomic E-state index is 5.52. The lowest BCUT2D eigenvalue weighted by Crippen LogP contribution is -1.98. The van der Waals surface area contributed by atoms with E-state index < -0.39 is 0 Å². The fourth-order valence-electron chi connectivity index (χ4n) is 2.33. The van der Waals surface area contributed by atoms with Crippen LogP contribution in [0.2, 0.25) is 0 Å². The highest BCUT2D eigenvalue weighted by Crippen LogP contribution is 2.26. The van der Waals surface area contributed by atoms with Crippen molar-refractivity contribution < 1.29 is 0 Å². The van der Waals surface area contributed by atoms with Crippen molar-refractivity contribution in [1.82, 2.24) is 4.98 Å². The highest BCUT2D eigenvalue weighted by atomic mass is 32.1. The Hall–Kier alpha value is -1.71. The predicted octanol–water partition coefficient (Wildman–Crippen LogP) is 4.24. The third kappa shape index (κ3) is 2.89. The first-order chi connectivity index (χ1) is 9.86. The number of benzene rings is 2. The Kier molecular flexibility index (Phi) is 4.09. The minimum atomic E-state index is 0.767. The fraction of sp³-hybridized carbons (Fsp3) is 0.235. The molecular formula is C17H18N2S. The number of nitrogens with two attached hydrogens (primary N) is 1. The van der Waals surface area contributed by atoms with Gasteiger partial charge in [-0.2, -0.15) is 0 Å². The zero-order valence-corrected chi connectivity index (χ0v) is 12.2. The first-order valence-corrected chi connectivity index (χ1v) is 7.88. The lowest BCUT2D eigenvalue weighted by Gasteiger charge is -2.01. The molecule has 2 aromatic carbocycles. The molecule has 0 amide bonds. The lowest BCUT2D eigenvalue weighted by atomic mass is 10.1. The minimum absolute atomic E-state index is 0.767. The maximum absolute atomic E-state index is 5.52. The van der Waals surface area contributed by atoms with E-state index in [2.05, 4.69) is 47.8 Å². The van der Waals surface area contributed by atoms with Crippen molar-refractivity contribution in [1.29, 1.82) is 0 Å². The van der Waals surface area contributed by atoms with E-state index in [1.54, 1.807) is 11.3 Å². The molecule has 0 aliphatic carbocycles. The van der Waals surface area contributed by atoms with Gasteiger partial charge in [-0.15, -0.1) is 11.3 Å². The van der Waals surface area contributed by atoms with Gasteiger partial charge in [0.15, 0.2) is 0 Å². The molecule has 0 radical (unpaired) electrons. The van der Waals surface area contributed by atoms with Crippen molar-refractivity contribution in [3.05, 3.63) is 52.9 Å². The molecule has 3 rings (SSSR count). The highest BCUT2D eigenvalue weighted by Gasteiger charge is 2.05. The molecule has 102 valence electrons. The number of aryl methyl sites for hydroxylation is 1. The lowest BCUT2D eigenvalue weighted by molar-refractivity contribution is 0.742. The van der Waals surface area contributed by atoms with Gasteiger partial charge in [-0.05, 0) is 42.6 Å². The molecule has 0 spiro atoms. The summed E-state index contributed by atoms with van der Waals surface area (Å²) in [5.74, 6) is 0. The highest BCUT2D eigenvalue weighted by molar-refractivity contribution is 7.09. The molecule has 1 aromatic heterocycles. The summed E-state index contributed by atoms with van der Waals surface area (Å²) in [6.07, 6.45) is 3.24. The second-order valence-corrected chi connectivity index (χ2v) is 5.88. The van der Waals surface area contributed by atoms with Crippen LogP contribution in [-0.4, -0.2) is 11.5 Å². The number of thiazole rings is 1. The number of unbranched alkanes of at least 4 members (excludes halogenated alkanes) is 1. The number of rotatable bonds is 5. The van der Waals surface area contributed by atoms with Gasteiger partial charge in [-0.25, -0.2) is 4.98 Å². The molecule has 2 N–H and O–H groups in total. The molecule has 2 nitrogen and oxygen atoms in total. The summed E-state index contributed by atoms with van der Waals surface area (Å²) in [4.78, 5) is 4.74. The van der Waals surface area contributed by atoms with Crippen LogP contribution in [0, 0.1) is 0 Å². The zero-order chi connectivity index (χ0) is 13.8. The molecule has 0 saturated heterocycles. The van der Waals surface area contributed by atoms with Crippen LogP contribution >= 0.6 is 11.3 Å². The molecule has 0 saturated carbocycles. The molecule has 20 heavy (non-hydrogen) atoms. The van der Waals surface area contributed by atoms with E-state index in [4.69, 9.17) is 10.7 Å². The first-order valence-electron chi connectivity index (χ1n) is 7.00. The number of aromatic nitrogens is 1. The molecule has 0 aliphatic rings. The monoisotopic (exact) mass is 282 g/mol. The van der Waals surface area contributed by atoms with Crippen LogP contribution in [0.3, 0.4) is 0 Å². The van der Waals surface area contributed by atoms with Gasteiger partial charge < -0.3 is 5.73 Å². The van der Waals surface area contributed by atoms with Gasteiger partial charge in [-0.3, -0.25) is 0 Å².